The van der Waals surface area contributed by atoms with E-state index < -0.39 is 17.9 Å². The number of carbonyl (C=O) groups excluding carboxylic acids is 1. The molecule has 0 spiro atoms. The number of hydrogen-bond donors (Lipinski definition) is 2. The van der Waals surface area contributed by atoms with E-state index in [4.69, 9.17) is 17.0 Å². The average Bonchev–Trinajstić information content (AvgIpc) is 2.80. The molecule has 0 bridgehead atoms. The molecular weight excluding hydrogens is 362 g/mol. The lowest BCUT2D eigenvalue weighted by Crippen LogP contribution is -2.44. The van der Waals surface area contributed by atoms with Gasteiger partial charge in [-0.3, -0.25) is 9.69 Å². The number of phenols is 1. The van der Waals surface area contributed by atoms with E-state index in [2.05, 4.69) is 0 Å². The van der Waals surface area contributed by atoms with Crippen molar-refractivity contribution in [3.05, 3.63) is 28.7 Å². The highest BCUT2D eigenvalue weighted by Gasteiger charge is 2.40. The van der Waals surface area contributed by atoms with E-state index in [-0.39, 0.29) is 21.7 Å². The van der Waals surface area contributed by atoms with Gasteiger partial charge in [0.15, 0.2) is 11.5 Å². The van der Waals surface area contributed by atoms with Crippen LogP contribution in [0.15, 0.2) is 23.1 Å². The van der Waals surface area contributed by atoms with Crippen LogP contribution in [-0.2, 0) is 9.59 Å². The molecule has 134 valence electrons. The molecule has 6 nitrogen and oxygen atoms in total. The Morgan fingerprint density at radius 3 is 2.68 bits per heavy atom. The third-order valence-electron chi connectivity index (χ3n) is 3.62. The number of carboxylic acid groups (broad SMARTS) is 1. The summed E-state index contributed by atoms with van der Waals surface area (Å²) in [6, 6.07) is 3.70. The first-order valence-corrected chi connectivity index (χ1v) is 8.84. The fourth-order valence-electron chi connectivity index (χ4n) is 2.45. The fourth-order valence-corrected chi connectivity index (χ4v) is 3.80. The number of methoxy groups -OCH3 is 1. The largest absolute Gasteiger partial charge is 0.504 e. The Kier molecular flexibility index (Phi) is 6.07. The minimum atomic E-state index is -1.07. The van der Waals surface area contributed by atoms with Crippen LogP contribution in [-0.4, -0.2) is 44.5 Å². The molecule has 1 aliphatic rings. The zero-order valence-corrected chi connectivity index (χ0v) is 15.7. The van der Waals surface area contributed by atoms with Gasteiger partial charge in [0.1, 0.15) is 10.4 Å². The molecule has 1 fully saturated rings. The summed E-state index contributed by atoms with van der Waals surface area (Å²) in [5.74, 6) is -1.11. The molecule has 2 rings (SSSR count). The molecule has 1 heterocycles. The molecule has 1 atom stereocenters. The predicted octanol–water partition coefficient (Wildman–Crippen LogP) is 3.10. The average molecular weight is 381 g/mol. The number of rotatable bonds is 6. The first-order chi connectivity index (χ1) is 11.7. The Morgan fingerprint density at radius 2 is 2.12 bits per heavy atom. The zero-order chi connectivity index (χ0) is 18.7. The normalized spacial score (nSPS) is 17.4. The Labute approximate surface area is 155 Å². The van der Waals surface area contributed by atoms with E-state index in [0.29, 0.717) is 16.9 Å². The van der Waals surface area contributed by atoms with Crippen molar-refractivity contribution < 1.29 is 24.5 Å². The molecule has 0 saturated carbocycles. The second-order valence-electron chi connectivity index (χ2n) is 5.97. The van der Waals surface area contributed by atoms with Crippen LogP contribution in [0.25, 0.3) is 6.08 Å². The minimum Gasteiger partial charge on any atom is -0.504 e. The number of hydrogen-bond acceptors (Lipinski definition) is 6. The molecule has 8 heteroatoms. The van der Waals surface area contributed by atoms with Crippen molar-refractivity contribution in [3.63, 3.8) is 0 Å². The van der Waals surface area contributed by atoms with Crippen molar-refractivity contribution in [2.45, 2.75) is 26.3 Å². The number of amides is 1. The maximum Gasteiger partial charge on any atom is 0.326 e. The van der Waals surface area contributed by atoms with Gasteiger partial charge in [0.25, 0.3) is 5.91 Å². The third kappa shape index (κ3) is 4.32. The van der Waals surface area contributed by atoms with Gasteiger partial charge in [-0.2, -0.15) is 0 Å². The van der Waals surface area contributed by atoms with Crippen LogP contribution < -0.4 is 4.74 Å². The smallest absolute Gasteiger partial charge is 0.326 e. The molecule has 0 aliphatic carbocycles. The van der Waals surface area contributed by atoms with E-state index in [1.54, 1.807) is 18.2 Å². The summed E-state index contributed by atoms with van der Waals surface area (Å²) >= 11 is 6.30. The van der Waals surface area contributed by atoms with Gasteiger partial charge in [-0.25, -0.2) is 4.79 Å². The molecule has 1 aromatic carbocycles. The number of carbonyl (C=O) groups is 2. The SMILES string of the molecule is COc1cc(/C=C2\SC(=S)N([C@@H](CC(C)C)C(=O)O)C2=O)ccc1O. The Hall–Kier alpha value is -2.06. The molecule has 1 aromatic rings. The summed E-state index contributed by atoms with van der Waals surface area (Å²) in [7, 11) is 1.43. The molecule has 0 aromatic heterocycles. The van der Waals surface area contributed by atoms with Gasteiger partial charge in [0, 0.05) is 0 Å². The molecule has 0 radical (unpaired) electrons. The number of benzene rings is 1. The fraction of sp³-hybridized carbons (Fsp3) is 0.353. The molecule has 2 N–H and O–H groups in total. The first kappa shape index (κ1) is 19.3. The van der Waals surface area contributed by atoms with Crippen molar-refractivity contribution >= 4 is 46.3 Å². The summed E-state index contributed by atoms with van der Waals surface area (Å²) in [5, 5.41) is 19.1. The van der Waals surface area contributed by atoms with Crippen LogP contribution in [0.4, 0.5) is 0 Å². The van der Waals surface area contributed by atoms with Gasteiger partial charge < -0.3 is 14.9 Å². The van der Waals surface area contributed by atoms with Crippen molar-refractivity contribution in [1.82, 2.24) is 4.90 Å². The molecule has 25 heavy (non-hydrogen) atoms. The van der Waals surface area contributed by atoms with E-state index >= 15 is 0 Å². The van der Waals surface area contributed by atoms with Gasteiger partial charge >= 0.3 is 5.97 Å². The highest BCUT2D eigenvalue weighted by Crippen LogP contribution is 2.36. The standard InChI is InChI=1S/C17H19NO5S2/c1-9(2)6-11(16(21)22)18-15(20)14(25-17(18)24)8-10-4-5-12(19)13(7-10)23-3/h4-5,7-9,11,19H,6H2,1-3H3,(H,21,22)/b14-8-/t11-/m0/s1. The number of thioether (sulfide) groups is 1. The van der Waals surface area contributed by atoms with E-state index in [0.717, 1.165) is 11.8 Å². The van der Waals surface area contributed by atoms with Crippen LogP contribution in [0.5, 0.6) is 11.5 Å². The molecular formula is C17H19NO5S2. The lowest BCUT2D eigenvalue weighted by Gasteiger charge is -2.24. The lowest BCUT2D eigenvalue weighted by molar-refractivity contribution is -0.145. The number of phenolic OH excluding ortho intramolecular Hbond substituents is 1. The van der Waals surface area contributed by atoms with Crippen LogP contribution >= 0.6 is 24.0 Å². The van der Waals surface area contributed by atoms with Crippen LogP contribution in [0.1, 0.15) is 25.8 Å². The van der Waals surface area contributed by atoms with Gasteiger partial charge in [-0.15, -0.1) is 0 Å². The second-order valence-corrected chi connectivity index (χ2v) is 7.64. The van der Waals surface area contributed by atoms with Crippen molar-refractivity contribution in [1.29, 1.82) is 0 Å². The van der Waals surface area contributed by atoms with Gasteiger partial charge in [0.2, 0.25) is 0 Å². The number of thiocarbonyl (C=S) groups is 1. The van der Waals surface area contributed by atoms with Crippen molar-refractivity contribution in [3.8, 4) is 11.5 Å². The van der Waals surface area contributed by atoms with Gasteiger partial charge in [0.05, 0.1) is 12.0 Å². The highest BCUT2D eigenvalue weighted by molar-refractivity contribution is 8.26. The van der Waals surface area contributed by atoms with Crippen LogP contribution in [0.2, 0.25) is 0 Å². The van der Waals surface area contributed by atoms with Gasteiger partial charge in [-0.05, 0) is 36.1 Å². The topological polar surface area (TPSA) is 87.1 Å². The van der Waals surface area contributed by atoms with Crippen molar-refractivity contribution in [2.24, 2.45) is 5.92 Å². The molecule has 1 saturated heterocycles. The number of nitrogens with zero attached hydrogens (tertiary/aromatic N) is 1. The van der Waals surface area contributed by atoms with Crippen molar-refractivity contribution in [2.75, 3.05) is 7.11 Å². The number of ether oxygens (including phenoxy) is 1. The third-order valence-corrected chi connectivity index (χ3v) is 4.95. The number of carboxylic acids is 1. The Morgan fingerprint density at radius 1 is 1.44 bits per heavy atom. The van der Waals surface area contributed by atoms with Crippen LogP contribution in [0, 0.1) is 5.92 Å². The predicted molar refractivity (Wildman–Crippen MR) is 101 cm³/mol. The van der Waals surface area contributed by atoms with E-state index in [1.807, 2.05) is 13.8 Å². The summed E-state index contributed by atoms with van der Waals surface area (Å²) in [4.78, 5) is 25.8. The quantitative estimate of drug-likeness (QED) is 0.578. The molecule has 0 unspecified atom stereocenters. The number of aliphatic carboxylic acids is 1. The van der Waals surface area contributed by atoms with E-state index in [1.165, 1.54) is 18.1 Å². The summed E-state index contributed by atoms with van der Waals surface area (Å²) < 4.78 is 5.28. The summed E-state index contributed by atoms with van der Waals surface area (Å²) in [6.45, 7) is 3.79. The first-order valence-electron chi connectivity index (χ1n) is 7.61. The maximum absolute atomic E-state index is 12.7. The number of aromatic hydroxyl groups is 1. The second kappa shape index (κ2) is 7.88. The summed E-state index contributed by atoms with van der Waals surface area (Å²) in [6.07, 6.45) is 1.93. The summed E-state index contributed by atoms with van der Waals surface area (Å²) in [5.41, 5.74) is 0.644. The molecule has 1 aliphatic heterocycles. The lowest BCUT2D eigenvalue weighted by atomic mass is 10.0. The highest BCUT2D eigenvalue weighted by atomic mass is 32.2. The van der Waals surface area contributed by atoms with E-state index in [9.17, 15) is 19.8 Å². The van der Waals surface area contributed by atoms with Crippen LogP contribution in [0.3, 0.4) is 0 Å². The minimum absolute atomic E-state index is 0.00456. The van der Waals surface area contributed by atoms with Gasteiger partial charge in [-0.1, -0.05) is 43.9 Å². The maximum atomic E-state index is 12.7. The Bertz CT molecular complexity index is 745. The Balaban J connectivity index is 2.32. The monoisotopic (exact) mass is 381 g/mol. The molecule has 1 amide bonds. The zero-order valence-electron chi connectivity index (χ0n) is 14.1.